The first-order valence-corrected chi connectivity index (χ1v) is 14.2. The van der Waals surface area contributed by atoms with E-state index in [1.54, 1.807) is 25.3 Å². The van der Waals surface area contributed by atoms with Gasteiger partial charge in [-0.05, 0) is 61.1 Å². The molecule has 1 aromatic heterocycles. The minimum absolute atomic E-state index is 0. The Morgan fingerprint density at radius 2 is 1.80 bits per heavy atom. The molecule has 0 amide bonds. The van der Waals surface area contributed by atoms with Gasteiger partial charge in [0, 0.05) is 44.4 Å². The van der Waals surface area contributed by atoms with Gasteiger partial charge < -0.3 is 30.1 Å². The first-order chi connectivity index (χ1) is 18.7. The molecule has 5 rings (SSSR count). The summed E-state index contributed by atoms with van der Waals surface area (Å²) in [5.74, 6) is 2.19. The van der Waals surface area contributed by atoms with Crippen LogP contribution >= 0.6 is 11.9 Å². The molecule has 3 aromatic rings. The van der Waals surface area contributed by atoms with Crippen molar-refractivity contribution < 1.29 is 25.2 Å². The summed E-state index contributed by atoms with van der Waals surface area (Å²) in [4.78, 5) is 11.6. The average Bonchev–Trinajstić information content (AvgIpc) is 2.98. The zero-order valence-electron chi connectivity index (χ0n) is 22.9. The number of ether oxygens (including phenoxy) is 3. The molecule has 0 aliphatic carbocycles. The van der Waals surface area contributed by atoms with Crippen molar-refractivity contribution in [2.45, 2.75) is 25.4 Å². The van der Waals surface area contributed by atoms with Crippen LogP contribution in [0.25, 0.3) is 11.3 Å². The number of hydrogen-bond acceptors (Lipinski definition) is 9. The molecular weight excluding hydrogens is 530 g/mol. The molecule has 0 atom stereocenters. The van der Waals surface area contributed by atoms with E-state index in [1.165, 1.54) is 0 Å². The summed E-state index contributed by atoms with van der Waals surface area (Å²) in [7, 11) is 1.70. The average molecular weight is 568 g/mol. The largest absolute Gasteiger partial charge is 0.495 e. The highest BCUT2D eigenvalue weighted by atomic mass is 32.2. The molecule has 4 N–H and O–H groups in total. The van der Waals surface area contributed by atoms with E-state index in [4.69, 9.17) is 19.2 Å². The van der Waals surface area contributed by atoms with E-state index in [0.29, 0.717) is 23.6 Å². The van der Waals surface area contributed by atoms with Crippen LogP contribution in [0, 0.1) is 11.3 Å². The molecule has 2 aromatic carbocycles. The molecule has 0 bridgehead atoms. The van der Waals surface area contributed by atoms with E-state index in [-0.39, 0.29) is 17.1 Å². The maximum Gasteiger partial charge on any atom is 0.142 e. The Morgan fingerprint density at radius 1 is 1.02 bits per heavy atom. The quantitative estimate of drug-likeness (QED) is 0.375. The third kappa shape index (κ3) is 7.41. The van der Waals surface area contributed by atoms with Crippen LogP contribution in [0.3, 0.4) is 0 Å². The SMILES string of the molecule is COc1cc(Cc2nccc(-c3ccc(OC4CCN(SC)CC4)c(C#N)c3)n2)ccc1N1CCOCC1.O.O. The van der Waals surface area contributed by atoms with Crippen LogP contribution in [0.1, 0.15) is 29.8 Å². The molecule has 2 saturated heterocycles. The summed E-state index contributed by atoms with van der Waals surface area (Å²) < 4.78 is 19.8. The molecule has 214 valence electrons. The van der Waals surface area contributed by atoms with Crippen molar-refractivity contribution in [1.29, 1.82) is 5.26 Å². The van der Waals surface area contributed by atoms with Gasteiger partial charge in [0.25, 0.3) is 0 Å². The van der Waals surface area contributed by atoms with Crippen molar-refractivity contribution in [1.82, 2.24) is 14.3 Å². The number of methoxy groups -OCH3 is 1. The van der Waals surface area contributed by atoms with E-state index in [2.05, 4.69) is 44.7 Å². The zero-order valence-corrected chi connectivity index (χ0v) is 23.7. The van der Waals surface area contributed by atoms with Gasteiger partial charge in [-0.2, -0.15) is 5.26 Å². The van der Waals surface area contributed by atoms with Crippen molar-refractivity contribution in [3.05, 3.63) is 65.6 Å². The van der Waals surface area contributed by atoms with E-state index in [0.717, 1.165) is 80.5 Å². The first-order valence-electron chi connectivity index (χ1n) is 13.0. The third-order valence-corrected chi connectivity index (χ3v) is 7.89. The first kappa shape index (κ1) is 31.1. The summed E-state index contributed by atoms with van der Waals surface area (Å²) in [5.41, 5.74) is 4.33. The van der Waals surface area contributed by atoms with Crippen molar-refractivity contribution in [2.24, 2.45) is 0 Å². The smallest absolute Gasteiger partial charge is 0.142 e. The van der Waals surface area contributed by atoms with Crippen LogP contribution in [-0.2, 0) is 11.2 Å². The number of piperidine rings is 1. The second-order valence-electron chi connectivity index (χ2n) is 9.39. The summed E-state index contributed by atoms with van der Waals surface area (Å²) in [6, 6.07) is 16.2. The fourth-order valence-corrected chi connectivity index (χ4v) is 5.49. The van der Waals surface area contributed by atoms with Crippen molar-refractivity contribution >= 4 is 17.6 Å². The van der Waals surface area contributed by atoms with E-state index in [1.807, 2.05) is 24.3 Å². The third-order valence-electron chi connectivity index (χ3n) is 7.01. The number of nitrogens with zero attached hydrogens (tertiary/aromatic N) is 5. The van der Waals surface area contributed by atoms with E-state index < -0.39 is 0 Å². The highest BCUT2D eigenvalue weighted by Gasteiger charge is 2.21. The lowest BCUT2D eigenvalue weighted by Gasteiger charge is -2.30. The van der Waals surface area contributed by atoms with Gasteiger partial charge in [0.2, 0.25) is 0 Å². The molecule has 3 heterocycles. The van der Waals surface area contributed by atoms with Crippen LogP contribution in [0.4, 0.5) is 5.69 Å². The maximum absolute atomic E-state index is 9.82. The molecule has 10 nitrogen and oxygen atoms in total. The Kier molecular flexibility index (Phi) is 11.5. The fraction of sp³-hybridized carbons (Fsp3) is 0.414. The monoisotopic (exact) mass is 567 g/mol. The predicted molar refractivity (Wildman–Crippen MR) is 157 cm³/mol. The van der Waals surface area contributed by atoms with Gasteiger partial charge in [-0.3, -0.25) is 4.31 Å². The van der Waals surface area contributed by atoms with Gasteiger partial charge >= 0.3 is 0 Å². The standard InChI is InChI=1S/C29H33N5O3S.2H2O/c1-35-28-17-21(3-5-26(28)33-13-15-36-16-14-33)18-29-31-10-7-25(32-29)22-4-6-27(23(19-22)20-30)37-24-8-11-34(38-2)12-9-24;;/h3-7,10,17,19,24H,8-9,11-16,18H2,1-2H3;2*1H2. The molecule has 2 fully saturated rings. The molecule has 0 unspecified atom stereocenters. The normalized spacial score (nSPS) is 15.9. The highest BCUT2D eigenvalue weighted by Crippen LogP contribution is 2.31. The number of benzene rings is 2. The van der Waals surface area contributed by atoms with Gasteiger partial charge in [0.05, 0.1) is 37.3 Å². The lowest BCUT2D eigenvalue weighted by Crippen LogP contribution is -2.36. The lowest BCUT2D eigenvalue weighted by atomic mass is 10.1. The highest BCUT2D eigenvalue weighted by molar-refractivity contribution is 7.96. The van der Waals surface area contributed by atoms with Crippen LogP contribution in [0.15, 0.2) is 48.7 Å². The minimum atomic E-state index is 0. The molecular formula is C29H37N5O5S. The number of aromatic nitrogens is 2. The summed E-state index contributed by atoms with van der Waals surface area (Å²) in [6.45, 7) is 5.15. The Morgan fingerprint density at radius 3 is 2.50 bits per heavy atom. The molecule has 0 spiro atoms. The van der Waals surface area contributed by atoms with Crippen LogP contribution in [-0.4, -0.2) is 84.1 Å². The topological polar surface area (TPSA) is 147 Å². The van der Waals surface area contributed by atoms with Gasteiger partial charge in [-0.1, -0.05) is 18.0 Å². The number of morpholine rings is 1. The van der Waals surface area contributed by atoms with Crippen LogP contribution < -0.4 is 14.4 Å². The number of rotatable bonds is 8. The Balaban J connectivity index is 0.00000220. The molecule has 40 heavy (non-hydrogen) atoms. The van der Waals surface area contributed by atoms with Gasteiger partial charge in [0.1, 0.15) is 29.5 Å². The second-order valence-corrected chi connectivity index (χ2v) is 10.3. The van der Waals surface area contributed by atoms with Crippen molar-refractivity contribution in [3.63, 3.8) is 0 Å². The molecule has 0 saturated carbocycles. The molecule has 0 radical (unpaired) electrons. The van der Waals surface area contributed by atoms with Crippen LogP contribution in [0.2, 0.25) is 0 Å². The van der Waals surface area contributed by atoms with Gasteiger partial charge in [-0.15, -0.1) is 0 Å². The van der Waals surface area contributed by atoms with Gasteiger partial charge in [-0.25, -0.2) is 9.97 Å². The zero-order chi connectivity index (χ0) is 26.3. The number of nitriles is 1. The Bertz CT molecular complexity index is 1290. The van der Waals surface area contributed by atoms with Crippen molar-refractivity contribution in [3.8, 4) is 28.8 Å². The second kappa shape index (κ2) is 14.8. The lowest BCUT2D eigenvalue weighted by molar-refractivity contribution is 0.122. The summed E-state index contributed by atoms with van der Waals surface area (Å²) in [5, 5.41) is 9.82. The number of hydrogen-bond donors (Lipinski definition) is 0. The number of anilines is 1. The summed E-state index contributed by atoms with van der Waals surface area (Å²) in [6.07, 6.45) is 6.50. The minimum Gasteiger partial charge on any atom is -0.495 e. The summed E-state index contributed by atoms with van der Waals surface area (Å²) >= 11 is 1.77. The molecule has 2 aliphatic heterocycles. The molecule has 2 aliphatic rings. The Hall–Kier alpha value is -3.40. The van der Waals surface area contributed by atoms with Gasteiger partial charge in [0.15, 0.2) is 0 Å². The fourth-order valence-electron chi connectivity index (χ4n) is 4.92. The predicted octanol–water partition coefficient (Wildman–Crippen LogP) is 2.92. The molecule has 11 heteroatoms. The van der Waals surface area contributed by atoms with Crippen molar-refractivity contribution in [2.75, 3.05) is 57.7 Å². The maximum atomic E-state index is 9.82. The van der Waals surface area contributed by atoms with E-state index >= 15 is 0 Å². The van der Waals surface area contributed by atoms with Crippen LogP contribution in [0.5, 0.6) is 11.5 Å². The Labute approximate surface area is 239 Å². The van der Waals surface area contributed by atoms with E-state index in [9.17, 15) is 5.26 Å².